The summed E-state index contributed by atoms with van der Waals surface area (Å²) in [6.07, 6.45) is 3.96. The van der Waals surface area contributed by atoms with Gasteiger partial charge in [-0.3, -0.25) is 0 Å². The summed E-state index contributed by atoms with van der Waals surface area (Å²) >= 11 is 0. The van der Waals surface area contributed by atoms with E-state index in [1.807, 2.05) is 31.2 Å². The molecular formula is C21H26N2O3. The van der Waals surface area contributed by atoms with Crippen molar-refractivity contribution in [1.29, 1.82) is 0 Å². The molecule has 1 aromatic rings. The second-order valence-electron chi connectivity index (χ2n) is 6.21. The Bertz CT molecular complexity index is 739. The number of hydrogen-bond donors (Lipinski definition) is 2. The highest BCUT2D eigenvalue weighted by Gasteiger charge is 2.33. The van der Waals surface area contributed by atoms with E-state index in [0.717, 1.165) is 36.8 Å². The smallest absolute Gasteiger partial charge is 0.339 e. The minimum Gasteiger partial charge on any atom is -0.462 e. The topological polar surface area (TPSA) is 67.4 Å². The maximum Gasteiger partial charge on any atom is 0.339 e. The number of ether oxygens (including phenoxy) is 1. The lowest BCUT2D eigenvalue weighted by Crippen LogP contribution is -2.45. The largest absolute Gasteiger partial charge is 0.462 e. The number of unbranched alkanes of at least 4 members (excludes halogenated alkanes) is 3. The first-order valence-electron chi connectivity index (χ1n) is 9.11. The predicted octanol–water partition coefficient (Wildman–Crippen LogP) is 3.75. The van der Waals surface area contributed by atoms with Crippen molar-refractivity contribution < 1.29 is 14.3 Å². The molecule has 0 spiro atoms. The van der Waals surface area contributed by atoms with E-state index in [1.165, 1.54) is 0 Å². The Hall–Kier alpha value is -2.74. The molecule has 2 amide bonds. The van der Waals surface area contributed by atoms with Crippen LogP contribution in [0.4, 0.5) is 4.79 Å². The molecule has 0 saturated carbocycles. The van der Waals surface area contributed by atoms with Crippen LogP contribution in [0.15, 0.2) is 35.5 Å². The van der Waals surface area contributed by atoms with Gasteiger partial charge in [-0.2, -0.15) is 0 Å². The van der Waals surface area contributed by atoms with Gasteiger partial charge < -0.3 is 15.4 Å². The zero-order chi connectivity index (χ0) is 18.9. The van der Waals surface area contributed by atoms with Gasteiger partial charge in [0.25, 0.3) is 0 Å². The van der Waals surface area contributed by atoms with Crippen LogP contribution in [0.2, 0.25) is 0 Å². The van der Waals surface area contributed by atoms with Crippen molar-refractivity contribution >= 4 is 12.0 Å². The Kier molecular flexibility index (Phi) is 7.28. The number of hydrogen-bond acceptors (Lipinski definition) is 3. The van der Waals surface area contributed by atoms with E-state index in [4.69, 9.17) is 4.74 Å². The molecule has 0 aliphatic carbocycles. The Morgan fingerprint density at radius 2 is 1.92 bits per heavy atom. The van der Waals surface area contributed by atoms with Gasteiger partial charge in [-0.1, -0.05) is 55.5 Å². The van der Waals surface area contributed by atoms with Crippen LogP contribution in [0.5, 0.6) is 0 Å². The molecule has 1 aliphatic heterocycles. The molecule has 2 rings (SSSR count). The average molecular weight is 354 g/mol. The summed E-state index contributed by atoms with van der Waals surface area (Å²) in [5.41, 5.74) is 2.60. The third-order valence-electron chi connectivity index (χ3n) is 4.10. The van der Waals surface area contributed by atoms with Crippen LogP contribution in [0.25, 0.3) is 0 Å². The minimum atomic E-state index is -0.580. The van der Waals surface area contributed by atoms with Crippen LogP contribution >= 0.6 is 0 Å². The molecule has 0 bridgehead atoms. The molecule has 0 aromatic heterocycles. The number of aryl methyl sites for hydroxylation is 1. The summed E-state index contributed by atoms with van der Waals surface area (Å²) < 4.78 is 5.21. The maximum absolute atomic E-state index is 12.6. The summed E-state index contributed by atoms with van der Waals surface area (Å²) in [5.74, 6) is 5.56. The molecule has 1 atom stereocenters. The molecule has 1 heterocycles. The predicted molar refractivity (Wildman–Crippen MR) is 101 cm³/mol. The van der Waals surface area contributed by atoms with Crippen molar-refractivity contribution in [3.63, 3.8) is 0 Å². The number of allylic oxidation sites excluding steroid dienone is 1. The van der Waals surface area contributed by atoms with E-state index in [0.29, 0.717) is 11.3 Å². The van der Waals surface area contributed by atoms with E-state index in [2.05, 4.69) is 29.4 Å². The fourth-order valence-electron chi connectivity index (χ4n) is 2.72. The molecule has 138 valence electrons. The van der Waals surface area contributed by atoms with E-state index in [9.17, 15) is 9.59 Å². The lowest BCUT2D eigenvalue weighted by Gasteiger charge is -2.27. The number of carbonyl (C=O) groups excluding carboxylic acids is 2. The molecular weight excluding hydrogens is 328 g/mol. The van der Waals surface area contributed by atoms with Gasteiger partial charge in [0, 0.05) is 6.42 Å². The minimum absolute atomic E-state index is 0.258. The van der Waals surface area contributed by atoms with Crippen LogP contribution in [0, 0.1) is 18.8 Å². The highest BCUT2D eigenvalue weighted by atomic mass is 16.5. The van der Waals surface area contributed by atoms with Crippen molar-refractivity contribution in [2.24, 2.45) is 0 Å². The second-order valence-corrected chi connectivity index (χ2v) is 6.21. The van der Waals surface area contributed by atoms with Crippen molar-refractivity contribution in [3.8, 4) is 11.8 Å². The number of esters is 1. The normalized spacial score (nSPS) is 16.3. The first-order chi connectivity index (χ1) is 12.6. The number of rotatable bonds is 6. The van der Waals surface area contributed by atoms with Crippen molar-refractivity contribution in [1.82, 2.24) is 10.6 Å². The molecule has 2 N–H and O–H groups in total. The zero-order valence-electron chi connectivity index (χ0n) is 15.6. The van der Waals surface area contributed by atoms with Gasteiger partial charge in [0.1, 0.15) is 5.70 Å². The van der Waals surface area contributed by atoms with Crippen molar-refractivity contribution in [3.05, 3.63) is 46.7 Å². The molecule has 5 heteroatoms. The number of urea groups is 1. The van der Waals surface area contributed by atoms with E-state index >= 15 is 0 Å². The number of benzene rings is 1. The molecule has 1 aromatic carbocycles. The quantitative estimate of drug-likeness (QED) is 0.464. The number of amides is 2. The van der Waals surface area contributed by atoms with Crippen LogP contribution in [-0.2, 0) is 9.53 Å². The number of nitrogens with one attached hydrogen (secondary N) is 2. The average Bonchev–Trinajstić information content (AvgIpc) is 2.62. The molecule has 0 fully saturated rings. The molecule has 26 heavy (non-hydrogen) atoms. The number of carbonyl (C=O) groups is 2. The SMILES string of the molecule is CCCCCC#CC1=C(C(=O)OCC)C(c2ccc(C)cc2)NC(=O)N1. The van der Waals surface area contributed by atoms with Gasteiger partial charge in [-0.05, 0) is 31.8 Å². The van der Waals surface area contributed by atoms with Gasteiger partial charge >= 0.3 is 12.0 Å². The van der Waals surface area contributed by atoms with E-state index in [1.54, 1.807) is 6.92 Å². The van der Waals surface area contributed by atoms with Crippen molar-refractivity contribution in [2.45, 2.75) is 52.5 Å². The summed E-state index contributed by atoms with van der Waals surface area (Å²) in [4.78, 5) is 24.7. The van der Waals surface area contributed by atoms with Gasteiger partial charge in [0.2, 0.25) is 0 Å². The zero-order valence-corrected chi connectivity index (χ0v) is 15.6. The summed E-state index contributed by atoms with van der Waals surface area (Å²) in [5, 5.41) is 5.47. The summed E-state index contributed by atoms with van der Waals surface area (Å²) in [7, 11) is 0. The Balaban J connectivity index is 2.40. The lowest BCUT2D eigenvalue weighted by molar-refractivity contribution is -0.139. The molecule has 1 aliphatic rings. The van der Waals surface area contributed by atoms with Crippen LogP contribution in [0.1, 0.15) is 56.7 Å². The fraction of sp³-hybridized carbons (Fsp3) is 0.429. The molecule has 5 nitrogen and oxygen atoms in total. The summed E-state index contributed by atoms with van der Waals surface area (Å²) in [6.45, 7) is 6.13. The Morgan fingerprint density at radius 3 is 2.58 bits per heavy atom. The van der Waals surface area contributed by atoms with Crippen molar-refractivity contribution in [2.75, 3.05) is 6.61 Å². The third kappa shape index (κ3) is 5.13. The van der Waals surface area contributed by atoms with Gasteiger partial charge in [-0.25, -0.2) is 9.59 Å². The Labute approximate surface area is 155 Å². The van der Waals surface area contributed by atoms with Crippen LogP contribution in [0.3, 0.4) is 0 Å². The van der Waals surface area contributed by atoms with Crippen LogP contribution < -0.4 is 10.6 Å². The monoisotopic (exact) mass is 354 g/mol. The molecule has 1 unspecified atom stereocenters. The second kappa shape index (κ2) is 9.67. The van der Waals surface area contributed by atoms with E-state index < -0.39 is 12.0 Å². The fourth-order valence-corrected chi connectivity index (χ4v) is 2.72. The first kappa shape index (κ1) is 19.6. The lowest BCUT2D eigenvalue weighted by atomic mass is 9.94. The molecule has 0 saturated heterocycles. The van der Waals surface area contributed by atoms with Gasteiger partial charge in [-0.15, -0.1) is 0 Å². The van der Waals surface area contributed by atoms with Gasteiger partial charge in [0.05, 0.1) is 18.2 Å². The highest BCUT2D eigenvalue weighted by Crippen LogP contribution is 2.27. The molecule has 0 radical (unpaired) electrons. The van der Waals surface area contributed by atoms with Crippen LogP contribution in [-0.4, -0.2) is 18.6 Å². The van der Waals surface area contributed by atoms with Gasteiger partial charge in [0.15, 0.2) is 0 Å². The third-order valence-corrected chi connectivity index (χ3v) is 4.10. The standard InChI is InChI=1S/C21H26N2O3/c1-4-6-7-8-9-10-17-18(20(24)26-5-2)19(23-21(25)22-17)16-13-11-15(3)12-14-16/h11-14,19H,4-8H2,1-3H3,(H2,22,23,25). The first-order valence-corrected chi connectivity index (χ1v) is 9.11. The Morgan fingerprint density at radius 1 is 1.19 bits per heavy atom. The summed E-state index contributed by atoms with van der Waals surface area (Å²) in [6, 6.07) is 6.74. The highest BCUT2D eigenvalue weighted by molar-refractivity contribution is 5.96. The maximum atomic E-state index is 12.6. The van der Waals surface area contributed by atoms with E-state index in [-0.39, 0.29) is 12.6 Å².